The molecule has 1 unspecified atom stereocenters. The third kappa shape index (κ3) is 3.56. The smallest absolute Gasteiger partial charge is 0.0333 e. The fraction of sp³-hybridized carbons (Fsp3) is 0.733. The third-order valence-electron chi connectivity index (χ3n) is 3.96. The van der Waals surface area contributed by atoms with Crippen LogP contribution >= 0.6 is 11.3 Å². The predicted octanol–water partition coefficient (Wildman–Crippen LogP) is 4.68. The Bertz CT molecular complexity index is 325. The molecule has 0 amide bonds. The Morgan fingerprint density at radius 3 is 2.76 bits per heavy atom. The highest BCUT2D eigenvalue weighted by molar-refractivity contribution is 7.10. The Morgan fingerprint density at radius 2 is 2.18 bits per heavy atom. The largest absolute Gasteiger partial charge is 0.310 e. The van der Waals surface area contributed by atoms with Gasteiger partial charge in [0.2, 0.25) is 0 Å². The average Bonchev–Trinajstić information content (AvgIpc) is 2.95. The molecule has 0 aromatic carbocycles. The number of rotatable bonds is 6. The minimum Gasteiger partial charge on any atom is -0.310 e. The maximum Gasteiger partial charge on any atom is 0.0333 e. The van der Waals surface area contributed by atoms with Crippen LogP contribution in [0.1, 0.15) is 61.9 Å². The van der Waals surface area contributed by atoms with Gasteiger partial charge in [0.15, 0.2) is 0 Å². The lowest BCUT2D eigenvalue weighted by atomic mass is 9.94. The van der Waals surface area contributed by atoms with Crippen LogP contribution in [0.25, 0.3) is 0 Å². The zero-order chi connectivity index (χ0) is 12.1. The molecule has 1 saturated carbocycles. The molecule has 1 fully saturated rings. The molecule has 1 nitrogen and oxygen atoms in total. The fourth-order valence-electron chi connectivity index (χ4n) is 2.97. The molecule has 1 atom stereocenters. The summed E-state index contributed by atoms with van der Waals surface area (Å²) in [6.07, 6.45) is 8.38. The maximum absolute atomic E-state index is 3.75. The molecule has 1 heterocycles. The number of hydrogen-bond donors (Lipinski definition) is 1. The molecule has 1 aromatic rings. The van der Waals surface area contributed by atoms with Gasteiger partial charge in [-0.2, -0.15) is 0 Å². The van der Waals surface area contributed by atoms with Crippen LogP contribution in [0.3, 0.4) is 0 Å². The van der Waals surface area contributed by atoms with Gasteiger partial charge in [0.05, 0.1) is 0 Å². The molecule has 17 heavy (non-hydrogen) atoms. The summed E-state index contributed by atoms with van der Waals surface area (Å²) < 4.78 is 0. The number of aryl methyl sites for hydroxylation is 1. The highest BCUT2D eigenvalue weighted by atomic mass is 32.1. The van der Waals surface area contributed by atoms with Crippen LogP contribution in [0.15, 0.2) is 11.4 Å². The SMILES string of the molecule is CCCNC(CC1CCCC1)c1ccsc1C. The predicted molar refractivity (Wildman–Crippen MR) is 76.7 cm³/mol. The van der Waals surface area contributed by atoms with E-state index in [1.807, 2.05) is 11.3 Å². The van der Waals surface area contributed by atoms with Crippen molar-refractivity contribution in [3.05, 3.63) is 21.9 Å². The van der Waals surface area contributed by atoms with E-state index in [1.165, 1.54) is 43.4 Å². The monoisotopic (exact) mass is 251 g/mol. The van der Waals surface area contributed by atoms with Crippen LogP contribution in [-0.2, 0) is 0 Å². The molecule has 2 rings (SSSR count). The van der Waals surface area contributed by atoms with E-state index in [-0.39, 0.29) is 0 Å². The van der Waals surface area contributed by atoms with E-state index >= 15 is 0 Å². The van der Waals surface area contributed by atoms with Crippen LogP contribution in [0, 0.1) is 12.8 Å². The van der Waals surface area contributed by atoms with E-state index < -0.39 is 0 Å². The highest BCUT2D eigenvalue weighted by Crippen LogP contribution is 2.34. The Kier molecular flexibility index (Phi) is 5.05. The number of hydrogen-bond acceptors (Lipinski definition) is 2. The van der Waals surface area contributed by atoms with Gasteiger partial charge >= 0.3 is 0 Å². The molecule has 96 valence electrons. The summed E-state index contributed by atoms with van der Waals surface area (Å²) in [5.41, 5.74) is 1.55. The lowest BCUT2D eigenvalue weighted by molar-refractivity contribution is 0.395. The molecule has 1 aliphatic rings. The number of thiophene rings is 1. The second-order valence-electron chi connectivity index (χ2n) is 5.33. The zero-order valence-electron chi connectivity index (χ0n) is 11.2. The van der Waals surface area contributed by atoms with Crippen molar-refractivity contribution in [2.45, 2.75) is 58.4 Å². The topological polar surface area (TPSA) is 12.0 Å². The summed E-state index contributed by atoms with van der Waals surface area (Å²) in [5, 5.41) is 5.98. The molecule has 0 radical (unpaired) electrons. The first-order chi connectivity index (χ1) is 8.31. The van der Waals surface area contributed by atoms with Crippen molar-refractivity contribution < 1.29 is 0 Å². The van der Waals surface area contributed by atoms with Gasteiger partial charge < -0.3 is 5.32 Å². The van der Waals surface area contributed by atoms with Gasteiger partial charge in [-0.25, -0.2) is 0 Å². The lowest BCUT2D eigenvalue weighted by Crippen LogP contribution is -2.24. The van der Waals surface area contributed by atoms with Gasteiger partial charge in [0.1, 0.15) is 0 Å². The summed E-state index contributed by atoms with van der Waals surface area (Å²) in [5.74, 6) is 0.962. The van der Waals surface area contributed by atoms with Gasteiger partial charge in [-0.1, -0.05) is 32.6 Å². The first kappa shape index (κ1) is 13.1. The second-order valence-corrected chi connectivity index (χ2v) is 6.45. The van der Waals surface area contributed by atoms with E-state index in [1.54, 1.807) is 5.56 Å². The van der Waals surface area contributed by atoms with Crippen molar-refractivity contribution in [2.24, 2.45) is 5.92 Å². The van der Waals surface area contributed by atoms with Crippen molar-refractivity contribution in [3.8, 4) is 0 Å². The minimum atomic E-state index is 0.601. The van der Waals surface area contributed by atoms with Gasteiger partial charge in [-0.3, -0.25) is 0 Å². The Labute approximate surface area is 110 Å². The van der Waals surface area contributed by atoms with Gasteiger partial charge in [0, 0.05) is 10.9 Å². The van der Waals surface area contributed by atoms with Crippen LogP contribution in [0.2, 0.25) is 0 Å². The molecule has 0 spiro atoms. The molecular formula is C15H25NS. The molecule has 0 aliphatic heterocycles. The average molecular weight is 251 g/mol. The first-order valence-corrected chi connectivity index (χ1v) is 7.96. The number of nitrogens with one attached hydrogen (secondary N) is 1. The molecule has 2 heteroatoms. The molecule has 1 aliphatic carbocycles. The van der Waals surface area contributed by atoms with Crippen LogP contribution < -0.4 is 5.32 Å². The fourth-order valence-corrected chi connectivity index (χ4v) is 3.74. The zero-order valence-corrected chi connectivity index (χ0v) is 12.0. The Morgan fingerprint density at radius 1 is 1.41 bits per heavy atom. The minimum absolute atomic E-state index is 0.601. The normalized spacial score (nSPS) is 18.7. The molecule has 0 saturated heterocycles. The van der Waals surface area contributed by atoms with E-state index in [0.717, 1.165) is 12.5 Å². The van der Waals surface area contributed by atoms with E-state index in [2.05, 4.69) is 30.6 Å². The van der Waals surface area contributed by atoms with Gasteiger partial charge in [-0.05, 0) is 49.2 Å². The molecule has 1 N–H and O–H groups in total. The van der Waals surface area contributed by atoms with Gasteiger partial charge in [0.25, 0.3) is 0 Å². The van der Waals surface area contributed by atoms with Crippen molar-refractivity contribution >= 4 is 11.3 Å². The summed E-state index contributed by atoms with van der Waals surface area (Å²) in [7, 11) is 0. The van der Waals surface area contributed by atoms with Crippen LogP contribution in [0.5, 0.6) is 0 Å². The van der Waals surface area contributed by atoms with Crippen molar-refractivity contribution in [1.82, 2.24) is 5.32 Å². The first-order valence-electron chi connectivity index (χ1n) is 7.08. The van der Waals surface area contributed by atoms with Crippen molar-refractivity contribution in [2.75, 3.05) is 6.54 Å². The lowest BCUT2D eigenvalue weighted by Gasteiger charge is -2.22. The Balaban J connectivity index is 1.99. The van der Waals surface area contributed by atoms with Crippen molar-refractivity contribution in [1.29, 1.82) is 0 Å². The summed E-state index contributed by atoms with van der Waals surface area (Å²) >= 11 is 1.88. The third-order valence-corrected chi connectivity index (χ3v) is 4.82. The quantitative estimate of drug-likeness (QED) is 0.774. The van der Waals surface area contributed by atoms with Gasteiger partial charge in [-0.15, -0.1) is 11.3 Å². The van der Waals surface area contributed by atoms with Crippen LogP contribution in [-0.4, -0.2) is 6.54 Å². The van der Waals surface area contributed by atoms with Crippen molar-refractivity contribution in [3.63, 3.8) is 0 Å². The van der Waals surface area contributed by atoms with E-state index in [9.17, 15) is 0 Å². The maximum atomic E-state index is 3.75. The van der Waals surface area contributed by atoms with Crippen LogP contribution in [0.4, 0.5) is 0 Å². The molecular weight excluding hydrogens is 226 g/mol. The molecule has 1 aromatic heterocycles. The standard InChI is InChI=1S/C15H25NS/c1-3-9-16-15(11-13-6-4-5-7-13)14-8-10-17-12(14)2/h8,10,13,15-16H,3-7,9,11H2,1-2H3. The summed E-state index contributed by atoms with van der Waals surface area (Å²) in [6, 6.07) is 2.92. The van der Waals surface area contributed by atoms with E-state index in [4.69, 9.17) is 0 Å². The second kappa shape index (κ2) is 6.55. The highest BCUT2D eigenvalue weighted by Gasteiger charge is 2.22. The van der Waals surface area contributed by atoms with E-state index in [0.29, 0.717) is 6.04 Å². The summed E-state index contributed by atoms with van der Waals surface area (Å²) in [6.45, 7) is 5.65. The Hall–Kier alpha value is -0.340. The molecule has 0 bridgehead atoms. The summed E-state index contributed by atoms with van der Waals surface area (Å²) in [4.78, 5) is 1.50.